The summed E-state index contributed by atoms with van der Waals surface area (Å²) in [7, 11) is 0. The molecular formula is C9H20N2O2. The molecule has 0 bridgehead atoms. The third-order valence-electron chi connectivity index (χ3n) is 2.40. The number of nitrogens with zero attached hydrogens (tertiary/aromatic N) is 1. The van der Waals surface area contributed by atoms with E-state index in [4.69, 9.17) is 9.84 Å². The van der Waals surface area contributed by atoms with Crippen molar-refractivity contribution in [2.45, 2.75) is 13.0 Å². The van der Waals surface area contributed by atoms with Crippen molar-refractivity contribution in [2.75, 3.05) is 46.0 Å². The Kier molecular flexibility index (Phi) is 5.31. The van der Waals surface area contributed by atoms with Crippen LogP contribution in [0, 0.1) is 0 Å². The summed E-state index contributed by atoms with van der Waals surface area (Å²) in [5.41, 5.74) is 0. The standard InChI is InChI=1S/C9H20N2O2/c1-9-8-10-2-3-11(9)4-6-13-7-5-12/h9-10,12H,2-8H2,1H3. The topological polar surface area (TPSA) is 44.7 Å². The van der Waals surface area contributed by atoms with Crippen molar-refractivity contribution in [2.24, 2.45) is 0 Å². The maximum Gasteiger partial charge on any atom is 0.0698 e. The molecule has 1 rings (SSSR count). The Balaban J connectivity index is 2.05. The van der Waals surface area contributed by atoms with Gasteiger partial charge in [-0.1, -0.05) is 0 Å². The normalized spacial score (nSPS) is 24.9. The van der Waals surface area contributed by atoms with Gasteiger partial charge in [-0.25, -0.2) is 0 Å². The largest absolute Gasteiger partial charge is 0.394 e. The Hall–Kier alpha value is -0.160. The smallest absolute Gasteiger partial charge is 0.0698 e. The van der Waals surface area contributed by atoms with Crippen LogP contribution in [0.1, 0.15) is 6.92 Å². The summed E-state index contributed by atoms with van der Waals surface area (Å²) >= 11 is 0. The van der Waals surface area contributed by atoms with Gasteiger partial charge in [-0.3, -0.25) is 4.90 Å². The molecule has 1 unspecified atom stereocenters. The SMILES string of the molecule is CC1CNCCN1CCOCCO. The fraction of sp³-hybridized carbons (Fsp3) is 1.00. The lowest BCUT2D eigenvalue weighted by Gasteiger charge is -2.33. The quantitative estimate of drug-likeness (QED) is 0.559. The Morgan fingerprint density at radius 1 is 1.54 bits per heavy atom. The highest BCUT2D eigenvalue weighted by molar-refractivity contribution is 4.75. The van der Waals surface area contributed by atoms with Gasteiger partial charge in [0.05, 0.1) is 19.8 Å². The summed E-state index contributed by atoms with van der Waals surface area (Å²) in [5, 5.41) is 11.9. The number of nitrogens with one attached hydrogen (secondary N) is 1. The lowest BCUT2D eigenvalue weighted by molar-refractivity contribution is 0.0597. The first kappa shape index (κ1) is 10.9. The van der Waals surface area contributed by atoms with E-state index in [2.05, 4.69) is 17.1 Å². The molecule has 0 amide bonds. The third kappa shape index (κ3) is 4.04. The van der Waals surface area contributed by atoms with Gasteiger partial charge >= 0.3 is 0 Å². The summed E-state index contributed by atoms with van der Waals surface area (Å²) in [6, 6.07) is 0.603. The highest BCUT2D eigenvalue weighted by atomic mass is 16.5. The second kappa shape index (κ2) is 6.32. The molecule has 1 heterocycles. The predicted molar refractivity (Wildman–Crippen MR) is 51.8 cm³/mol. The Bertz CT molecular complexity index is 133. The maximum absolute atomic E-state index is 8.51. The number of ether oxygens (including phenoxy) is 1. The number of rotatable bonds is 5. The fourth-order valence-electron chi connectivity index (χ4n) is 1.56. The van der Waals surface area contributed by atoms with E-state index >= 15 is 0 Å². The van der Waals surface area contributed by atoms with Gasteiger partial charge in [0.15, 0.2) is 0 Å². The van der Waals surface area contributed by atoms with E-state index in [1.807, 2.05) is 0 Å². The second-order valence-electron chi connectivity index (χ2n) is 3.43. The molecule has 78 valence electrons. The number of aliphatic hydroxyl groups excluding tert-OH is 1. The highest BCUT2D eigenvalue weighted by Crippen LogP contribution is 2.00. The fourth-order valence-corrected chi connectivity index (χ4v) is 1.56. The summed E-state index contributed by atoms with van der Waals surface area (Å²) in [6.45, 7) is 7.75. The van der Waals surface area contributed by atoms with E-state index in [0.29, 0.717) is 12.6 Å². The van der Waals surface area contributed by atoms with Crippen molar-refractivity contribution in [3.05, 3.63) is 0 Å². The minimum Gasteiger partial charge on any atom is -0.394 e. The Morgan fingerprint density at radius 3 is 3.08 bits per heavy atom. The number of hydrogen-bond acceptors (Lipinski definition) is 4. The van der Waals surface area contributed by atoms with Crippen LogP contribution in [0.25, 0.3) is 0 Å². The molecular weight excluding hydrogens is 168 g/mol. The van der Waals surface area contributed by atoms with Crippen molar-refractivity contribution in [3.8, 4) is 0 Å². The summed E-state index contributed by atoms with van der Waals surface area (Å²) < 4.78 is 5.22. The van der Waals surface area contributed by atoms with Crippen molar-refractivity contribution in [1.29, 1.82) is 0 Å². The van der Waals surface area contributed by atoms with E-state index in [1.54, 1.807) is 0 Å². The van der Waals surface area contributed by atoms with Crippen LogP contribution in [0.15, 0.2) is 0 Å². The van der Waals surface area contributed by atoms with Crippen molar-refractivity contribution >= 4 is 0 Å². The highest BCUT2D eigenvalue weighted by Gasteiger charge is 2.16. The number of piperazine rings is 1. The minimum atomic E-state index is 0.122. The Morgan fingerprint density at radius 2 is 2.38 bits per heavy atom. The van der Waals surface area contributed by atoms with E-state index in [1.165, 1.54) is 0 Å². The van der Waals surface area contributed by atoms with Gasteiger partial charge in [0.1, 0.15) is 0 Å². The monoisotopic (exact) mass is 188 g/mol. The van der Waals surface area contributed by atoms with Gasteiger partial charge in [-0.2, -0.15) is 0 Å². The van der Waals surface area contributed by atoms with Gasteiger partial charge in [0, 0.05) is 32.2 Å². The molecule has 1 saturated heterocycles. The molecule has 0 radical (unpaired) electrons. The molecule has 0 saturated carbocycles. The third-order valence-corrected chi connectivity index (χ3v) is 2.40. The maximum atomic E-state index is 8.51. The molecule has 0 aliphatic carbocycles. The molecule has 2 N–H and O–H groups in total. The zero-order chi connectivity index (χ0) is 9.52. The van der Waals surface area contributed by atoms with Crippen LogP contribution < -0.4 is 5.32 Å². The van der Waals surface area contributed by atoms with Gasteiger partial charge in [0.2, 0.25) is 0 Å². The van der Waals surface area contributed by atoms with Crippen LogP contribution in [-0.2, 0) is 4.74 Å². The van der Waals surface area contributed by atoms with Crippen LogP contribution in [0.4, 0.5) is 0 Å². The second-order valence-corrected chi connectivity index (χ2v) is 3.43. The zero-order valence-electron chi connectivity index (χ0n) is 8.33. The van der Waals surface area contributed by atoms with Crippen molar-refractivity contribution < 1.29 is 9.84 Å². The average Bonchev–Trinajstić information content (AvgIpc) is 2.15. The van der Waals surface area contributed by atoms with Gasteiger partial charge < -0.3 is 15.2 Å². The molecule has 4 nitrogen and oxygen atoms in total. The molecule has 1 aliphatic rings. The van der Waals surface area contributed by atoms with Crippen LogP contribution in [-0.4, -0.2) is 62.0 Å². The average molecular weight is 188 g/mol. The Labute approximate surface area is 79.9 Å². The van der Waals surface area contributed by atoms with E-state index in [9.17, 15) is 0 Å². The zero-order valence-corrected chi connectivity index (χ0v) is 8.33. The van der Waals surface area contributed by atoms with Crippen LogP contribution >= 0.6 is 0 Å². The van der Waals surface area contributed by atoms with Crippen LogP contribution in [0.5, 0.6) is 0 Å². The van der Waals surface area contributed by atoms with Crippen LogP contribution in [0.2, 0.25) is 0 Å². The molecule has 4 heteroatoms. The number of aliphatic hydroxyl groups is 1. The summed E-state index contributed by atoms with van der Waals surface area (Å²) in [5.74, 6) is 0. The molecule has 0 aromatic heterocycles. The van der Waals surface area contributed by atoms with Gasteiger partial charge in [0.25, 0.3) is 0 Å². The molecule has 0 aromatic rings. The first-order valence-electron chi connectivity index (χ1n) is 4.98. The summed E-state index contributed by atoms with van der Waals surface area (Å²) in [4.78, 5) is 2.41. The minimum absolute atomic E-state index is 0.122. The lowest BCUT2D eigenvalue weighted by atomic mass is 10.2. The molecule has 13 heavy (non-hydrogen) atoms. The lowest BCUT2D eigenvalue weighted by Crippen LogP contribution is -2.50. The van der Waals surface area contributed by atoms with Gasteiger partial charge in [-0.05, 0) is 6.92 Å². The molecule has 1 fully saturated rings. The summed E-state index contributed by atoms with van der Waals surface area (Å²) in [6.07, 6.45) is 0. The van der Waals surface area contributed by atoms with Crippen molar-refractivity contribution in [1.82, 2.24) is 10.2 Å². The van der Waals surface area contributed by atoms with E-state index in [-0.39, 0.29) is 6.61 Å². The first-order chi connectivity index (χ1) is 6.34. The number of hydrogen-bond donors (Lipinski definition) is 2. The van der Waals surface area contributed by atoms with E-state index in [0.717, 1.165) is 32.8 Å². The molecule has 1 aliphatic heterocycles. The molecule has 0 aromatic carbocycles. The molecule has 1 atom stereocenters. The van der Waals surface area contributed by atoms with Crippen molar-refractivity contribution in [3.63, 3.8) is 0 Å². The van der Waals surface area contributed by atoms with Crippen LogP contribution in [0.3, 0.4) is 0 Å². The first-order valence-corrected chi connectivity index (χ1v) is 4.98. The van der Waals surface area contributed by atoms with Gasteiger partial charge in [-0.15, -0.1) is 0 Å². The molecule has 0 spiro atoms. The predicted octanol–water partition coefficient (Wildman–Crippen LogP) is -0.711. The van der Waals surface area contributed by atoms with E-state index < -0.39 is 0 Å².